The van der Waals surface area contributed by atoms with E-state index in [0.717, 1.165) is 0 Å². The third-order valence-corrected chi connectivity index (χ3v) is 12.2. The van der Waals surface area contributed by atoms with Crippen LogP contribution >= 0.6 is 0 Å². The number of H-pyrrole nitrogens is 1. The summed E-state index contributed by atoms with van der Waals surface area (Å²) in [7, 11) is 0. The maximum absolute atomic E-state index is 14.0. The smallest absolute Gasteiger partial charge is 0.326 e. The van der Waals surface area contributed by atoms with Gasteiger partial charge in [-0.2, -0.15) is 0 Å². The molecule has 0 aliphatic rings. The summed E-state index contributed by atoms with van der Waals surface area (Å²) < 4.78 is 0. The number of unbranched alkanes of at least 4 members (excludes halogenated alkanes) is 1. The zero-order valence-corrected chi connectivity index (χ0v) is 43.5. The van der Waals surface area contributed by atoms with Gasteiger partial charge >= 0.3 is 11.9 Å². The highest BCUT2D eigenvalue weighted by Crippen LogP contribution is 2.14. The van der Waals surface area contributed by atoms with Gasteiger partial charge in [-0.05, 0) is 69.2 Å². The van der Waals surface area contributed by atoms with Crippen molar-refractivity contribution in [3.05, 3.63) is 18.2 Å². The topological polar surface area (TPSA) is 429 Å². The number of rotatable bonds is 35. The molecule has 0 aromatic carbocycles. The number of hydrogen-bond donors (Lipinski definition) is 15. The SMILES string of the molecule is CC[C@H](C)[C@H](NC(=O)[C@@H](NC(=O)[C@H](CCC(=O)O)NC(=O)[C@H](CC(C)C)NC(=O)[C@H](CO)NC(=O)[C@@H](NC(=O)[C@@H](NC(=O)[C@@H](N)Cc1cnc[nH]1)[C@@H](C)CC)[C@@H](C)O)C(C)C)C(=O)N[C@@H](CCCCN)C(=O)O. The minimum Gasteiger partial charge on any atom is -0.481 e. The molecule has 1 rings (SSSR count). The number of aliphatic hydroxyl groups is 2. The zero-order valence-electron chi connectivity index (χ0n) is 43.5. The molecule has 0 saturated heterocycles. The highest BCUT2D eigenvalue weighted by atomic mass is 16.4. The summed E-state index contributed by atoms with van der Waals surface area (Å²) in [6, 6.07) is -12.7. The Balaban J connectivity index is 3.32. The number of amides is 8. The van der Waals surface area contributed by atoms with Crippen molar-refractivity contribution in [2.75, 3.05) is 13.2 Å². The number of aliphatic hydroxyl groups excluding tert-OH is 2. The van der Waals surface area contributed by atoms with E-state index in [0.29, 0.717) is 37.9 Å². The number of aliphatic carboxylic acids is 2. The first kappa shape index (κ1) is 64.8. The molecule has 73 heavy (non-hydrogen) atoms. The Labute approximate surface area is 426 Å². The number of nitrogens with one attached hydrogen (secondary N) is 9. The van der Waals surface area contributed by atoms with Crippen molar-refractivity contribution in [1.82, 2.24) is 52.5 Å². The van der Waals surface area contributed by atoms with Gasteiger partial charge in [-0.1, -0.05) is 68.2 Å². The standard InChI is InChI=1S/C47H82N12O14/c1-10-25(7)36(44(69)53-31(47(72)73)14-12-13-17-48)58-43(68)35(24(5)6)56-40(65)30(15-16-34(62)63)52-41(66)32(18-23(3)4)54-42(67)33(21-60)55-46(71)38(27(9)61)59-45(70)37(26(8)11-2)57-39(64)29(49)19-28-20-50-22-51-28/h20,22-27,29-33,35-38,60-61H,10-19,21,48-49H2,1-9H3,(H,50,51)(H,52,66)(H,53,69)(H,54,67)(H,55,71)(H,56,65)(H,57,64)(H,58,68)(H,59,70)(H,62,63)(H,72,73)/t25-,26-,27+,29-,30-,31-,32-,33-,35-,36-,37-,38-/m0/s1. The molecule has 0 radical (unpaired) electrons. The van der Waals surface area contributed by atoms with Crippen molar-refractivity contribution < 1.29 is 68.4 Å². The van der Waals surface area contributed by atoms with Gasteiger partial charge in [0.15, 0.2) is 0 Å². The number of carbonyl (C=O) groups is 10. The van der Waals surface area contributed by atoms with Crippen LogP contribution in [0.15, 0.2) is 12.5 Å². The number of nitrogens with two attached hydrogens (primary N) is 2. The molecule has 1 aromatic rings. The van der Waals surface area contributed by atoms with Crippen molar-refractivity contribution in [3.8, 4) is 0 Å². The monoisotopic (exact) mass is 1040 g/mol. The molecule has 0 unspecified atom stereocenters. The van der Waals surface area contributed by atoms with Gasteiger partial charge in [0.2, 0.25) is 47.3 Å². The average molecular weight is 1040 g/mol. The number of carboxylic acid groups (broad SMARTS) is 2. The first-order valence-electron chi connectivity index (χ1n) is 24.8. The maximum Gasteiger partial charge on any atom is 0.326 e. The average Bonchev–Trinajstić information content (AvgIpc) is 3.84. The normalized spacial score (nSPS) is 16.3. The summed E-state index contributed by atoms with van der Waals surface area (Å²) in [5, 5.41) is 60.0. The second-order valence-electron chi connectivity index (χ2n) is 19.2. The molecule has 0 spiro atoms. The molecule has 17 N–H and O–H groups in total. The van der Waals surface area contributed by atoms with Crippen molar-refractivity contribution in [3.63, 3.8) is 0 Å². The number of hydrogen-bond acceptors (Lipinski definition) is 15. The van der Waals surface area contributed by atoms with Gasteiger partial charge < -0.3 is 79.4 Å². The van der Waals surface area contributed by atoms with Gasteiger partial charge in [-0.3, -0.25) is 43.2 Å². The molecule has 12 atom stereocenters. The van der Waals surface area contributed by atoms with Crippen molar-refractivity contribution in [1.29, 1.82) is 0 Å². The number of carbonyl (C=O) groups excluding carboxylic acids is 8. The third-order valence-electron chi connectivity index (χ3n) is 12.2. The Kier molecular flexibility index (Phi) is 29.1. The molecule has 414 valence electrons. The van der Waals surface area contributed by atoms with Crippen LogP contribution in [0.2, 0.25) is 0 Å². The van der Waals surface area contributed by atoms with E-state index in [1.54, 1.807) is 55.4 Å². The minimum atomic E-state index is -1.78. The third kappa shape index (κ3) is 22.6. The van der Waals surface area contributed by atoms with E-state index in [9.17, 15) is 68.4 Å². The van der Waals surface area contributed by atoms with Crippen LogP contribution in [0.25, 0.3) is 0 Å². The van der Waals surface area contributed by atoms with Crippen LogP contribution in [-0.4, -0.2) is 163 Å². The predicted octanol–water partition coefficient (Wildman–Crippen LogP) is -2.60. The number of nitrogens with zero attached hydrogens (tertiary/aromatic N) is 1. The van der Waals surface area contributed by atoms with E-state index >= 15 is 0 Å². The molecule has 0 bridgehead atoms. The predicted molar refractivity (Wildman–Crippen MR) is 265 cm³/mol. The molecule has 1 aromatic heterocycles. The van der Waals surface area contributed by atoms with Crippen LogP contribution < -0.4 is 54.0 Å². The summed E-state index contributed by atoms with van der Waals surface area (Å²) >= 11 is 0. The van der Waals surface area contributed by atoms with Crippen molar-refractivity contribution in [2.24, 2.45) is 35.1 Å². The van der Waals surface area contributed by atoms with Crippen LogP contribution in [0.3, 0.4) is 0 Å². The Morgan fingerprint density at radius 1 is 0.603 bits per heavy atom. The van der Waals surface area contributed by atoms with Crippen LogP contribution in [0.1, 0.15) is 119 Å². The summed E-state index contributed by atoms with van der Waals surface area (Å²) in [6.07, 6.45) is 2.02. The lowest BCUT2D eigenvalue weighted by molar-refractivity contribution is -0.143. The molecule has 1 heterocycles. The lowest BCUT2D eigenvalue weighted by Crippen LogP contribution is -2.63. The first-order chi connectivity index (χ1) is 34.2. The lowest BCUT2D eigenvalue weighted by Gasteiger charge is -2.30. The van der Waals surface area contributed by atoms with Crippen molar-refractivity contribution in [2.45, 2.75) is 181 Å². The van der Waals surface area contributed by atoms with Gasteiger partial charge in [0.05, 0.1) is 25.1 Å². The molecule has 0 saturated carbocycles. The molecular weight excluding hydrogens is 957 g/mol. The van der Waals surface area contributed by atoms with E-state index in [-0.39, 0.29) is 25.2 Å². The van der Waals surface area contributed by atoms with E-state index in [1.165, 1.54) is 19.4 Å². The molecule has 8 amide bonds. The molecule has 0 aliphatic heterocycles. The second-order valence-corrected chi connectivity index (χ2v) is 19.2. The molecule has 0 aliphatic carbocycles. The number of carboxylic acids is 2. The summed E-state index contributed by atoms with van der Waals surface area (Å²) in [5.74, 6) is -11.9. The van der Waals surface area contributed by atoms with E-state index in [1.807, 2.05) is 0 Å². The van der Waals surface area contributed by atoms with Crippen LogP contribution in [0.5, 0.6) is 0 Å². The minimum absolute atomic E-state index is 0.0734. The summed E-state index contributed by atoms with van der Waals surface area (Å²) in [4.78, 5) is 140. The van der Waals surface area contributed by atoms with Gasteiger partial charge in [0.1, 0.15) is 48.3 Å². The summed E-state index contributed by atoms with van der Waals surface area (Å²) in [6.45, 7) is 13.9. The Morgan fingerprint density at radius 2 is 1.07 bits per heavy atom. The quantitative estimate of drug-likeness (QED) is 0.0310. The highest BCUT2D eigenvalue weighted by Gasteiger charge is 2.38. The largest absolute Gasteiger partial charge is 0.481 e. The highest BCUT2D eigenvalue weighted by molar-refractivity contribution is 5.98. The van der Waals surface area contributed by atoms with E-state index in [4.69, 9.17) is 11.5 Å². The maximum atomic E-state index is 14.0. The lowest BCUT2D eigenvalue weighted by atomic mass is 9.95. The fourth-order valence-corrected chi connectivity index (χ4v) is 7.32. The molecule has 26 nitrogen and oxygen atoms in total. The van der Waals surface area contributed by atoms with E-state index in [2.05, 4.69) is 52.5 Å². The molecular formula is C47H82N12O14. The van der Waals surface area contributed by atoms with Gasteiger partial charge in [-0.25, -0.2) is 9.78 Å². The van der Waals surface area contributed by atoms with Crippen LogP contribution in [0.4, 0.5) is 0 Å². The Hall–Kier alpha value is -6.25. The van der Waals surface area contributed by atoms with Crippen LogP contribution in [-0.2, 0) is 54.4 Å². The Bertz CT molecular complexity index is 1970. The van der Waals surface area contributed by atoms with Gasteiger partial charge in [0, 0.05) is 24.7 Å². The summed E-state index contributed by atoms with van der Waals surface area (Å²) in [5.41, 5.74) is 12.2. The van der Waals surface area contributed by atoms with Gasteiger partial charge in [0.25, 0.3) is 0 Å². The number of aromatic nitrogens is 2. The fourth-order valence-electron chi connectivity index (χ4n) is 7.32. The molecule has 0 fully saturated rings. The zero-order chi connectivity index (χ0) is 55.7. The number of aromatic amines is 1. The molecule has 26 heteroatoms. The first-order valence-corrected chi connectivity index (χ1v) is 24.8. The van der Waals surface area contributed by atoms with E-state index < -0.39 is 157 Å². The fraction of sp³-hybridized carbons (Fsp3) is 0.723. The van der Waals surface area contributed by atoms with Crippen LogP contribution in [0, 0.1) is 23.7 Å². The van der Waals surface area contributed by atoms with Gasteiger partial charge in [-0.15, -0.1) is 0 Å². The second kappa shape index (κ2) is 32.7. The number of imidazole rings is 1. The van der Waals surface area contributed by atoms with Crippen molar-refractivity contribution >= 4 is 59.2 Å². The Morgan fingerprint density at radius 3 is 1.55 bits per heavy atom.